The molecule has 4 nitrogen and oxygen atoms in total. The molecule has 0 radical (unpaired) electrons. The lowest BCUT2D eigenvalue weighted by Crippen LogP contribution is -2.27. The molecule has 4 heteroatoms. The van der Waals surface area contributed by atoms with Crippen LogP contribution in [0.4, 0.5) is 0 Å². The number of benzene rings is 2. The lowest BCUT2D eigenvalue weighted by Gasteiger charge is -2.14. The molecule has 2 atom stereocenters. The third-order valence-corrected chi connectivity index (χ3v) is 3.81. The van der Waals surface area contributed by atoms with E-state index in [-0.39, 0.29) is 18.4 Å². The van der Waals surface area contributed by atoms with Gasteiger partial charge in [0.25, 0.3) is 0 Å². The Morgan fingerprint density at radius 3 is 2.57 bits per heavy atom. The van der Waals surface area contributed by atoms with E-state index in [1.807, 2.05) is 55.5 Å². The average Bonchev–Trinajstić information content (AvgIpc) is 2.99. The summed E-state index contributed by atoms with van der Waals surface area (Å²) < 4.78 is 5.74. The molecule has 0 bridgehead atoms. The highest BCUT2D eigenvalue weighted by Gasteiger charge is 2.17. The van der Waals surface area contributed by atoms with Gasteiger partial charge in [0.05, 0.1) is 18.6 Å². The number of hydrogen-bond acceptors (Lipinski definition) is 3. The van der Waals surface area contributed by atoms with Crippen molar-refractivity contribution >= 4 is 16.9 Å². The van der Waals surface area contributed by atoms with Gasteiger partial charge >= 0.3 is 0 Å². The molecular weight excluding hydrogens is 290 g/mol. The molecule has 0 aliphatic carbocycles. The minimum atomic E-state index is -0.806. The summed E-state index contributed by atoms with van der Waals surface area (Å²) >= 11 is 0. The lowest BCUT2D eigenvalue weighted by molar-refractivity contribution is -0.123. The molecular formula is C19H19NO3. The monoisotopic (exact) mass is 309 g/mol. The van der Waals surface area contributed by atoms with Crippen LogP contribution >= 0.6 is 0 Å². The molecule has 1 heterocycles. The van der Waals surface area contributed by atoms with Gasteiger partial charge in [-0.3, -0.25) is 4.79 Å². The van der Waals surface area contributed by atoms with Gasteiger partial charge in [0, 0.05) is 5.39 Å². The number of aliphatic hydroxyl groups excluding tert-OH is 1. The van der Waals surface area contributed by atoms with E-state index in [1.165, 1.54) is 0 Å². The van der Waals surface area contributed by atoms with Gasteiger partial charge in [0.1, 0.15) is 11.3 Å². The van der Waals surface area contributed by atoms with E-state index >= 15 is 0 Å². The van der Waals surface area contributed by atoms with Crippen molar-refractivity contribution in [3.8, 4) is 0 Å². The fourth-order valence-corrected chi connectivity index (χ4v) is 2.56. The number of nitrogens with one attached hydrogen (secondary N) is 1. The van der Waals surface area contributed by atoms with E-state index in [0.717, 1.165) is 16.5 Å². The van der Waals surface area contributed by atoms with E-state index in [2.05, 4.69) is 5.32 Å². The van der Waals surface area contributed by atoms with Gasteiger partial charge in [0.15, 0.2) is 0 Å². The van der Waals surface area contributed by atoms with Gasteiger partial charge in [-0.25, -0.2) is 0 Å². The predicted octanol–water partition coefficient (Wildman–Crippen LogP) is 3.73. The second-order valence-electron chi connectivity index (χ2n) is 5.61. The smallest absolute Gasteiger partial charge is 0.223 e. The van der Waals surface area contributed by atoms with E-state index in [4.69, 9.17) is 4.42 Å². The first kappa shape index (κ1) is 15.3. The summed E-state index contributed by atoms with van der Waals surface area (Å²) in [7, 11) is 0. The maximum absolute atomic E-state index is 12.1. The van der Waals surface area contributed by atoms with Gasteiger partial charge in [-0.15, -0.1) is 0 Å². The van der Waals surface area contributed by atoms with Crippen molar-refractivity contribution in [1.82, 2.24) is 5.32 Å². The van der Waals surface area contributed by atoms with Gasteiger partial charge in [-0.1, -0.05) is 48.5 Å². The van der Waals surface area contributed by atoms with Crippen molar-refractivity contribution in [3.05, 3.63) is 72.0 Å². The van der Waals surface area contributed by atoms with Crippen LogP contribution in [0.1, 0.15) is 36.8 Å². The zero-order chi connectivity index (χ0) is 16.2. The van der Waals surface area contributed by atoms with E-state index in [1.54, 1.807) is 12.1 Å². The van der Waals surface area contributed by atoms with Crippen LogP contribution in [0.15, 0.2) is 65.1 Å². The molecule has 1 aromatic heterocycles. The quantitative estimate of drug-likeness (QED) is 0.755. The maximum atomic E-state index is 12.1. The summed E-state index contributed by atoms with van der Waals surface area (Å²) in [6.45, 7) is 1.87. The second kappa shape index (κ2) is 6.67. The predicted molar refractivity (Wildman–Crippen MR) is 88.8 cm³/mol. The number of carbonyl (C=O) groups excluding carboxylic acids is 1. The summed E-state index contributed by atoms with van der Waals surface area (Å²) in [5.41, 5.74) is 1.53. The van der Waals surface area contributed by atoms with Crippen LogP contribution in [0.5, 0.6) is 0 Å². The highest BCUT2D eigenvalue weighted by Crippen LogP contribution is 2.24. The van der Waals surface area contributed by atoms with E-state index in [9.17, 15) is 9.90 Å². The second-order valence-corrected chi connectivity index (χ2v) is 5.61. The van der Waals surface area contributed by atoms with Crippen molar-refractivity contribution in [1.29, 1.82) is 0 Å². The molecule has 0 spiro atoms. The Morgan fingerprint density at radius 1 is 1.13 bits per heavy atom. The summed E-state index contributed by atoms with van der Waals surface area (Å²) in [6.07, 6.45) is -0.784. The molecule has 0 fully saturated rings. The summed E-state index contributed by atoms with van der Waals surface area (Å²) in [6, 6.07) is 18.6. The van der Waals surface area contributed by atoms with E-state index < -0.39 is 6.10 Å². The molecule has 0 aliphatic heterocycles. The Bertz CT molecular complexity index is 761. The fraction of sp³-hybridized carbons (Fsp3) is 0.211. The van der Waals surface area contributed by atoms with Crippen molar-refractivity contribution in [2.24, 2.45) is 0 Å². The first-order chi connectivity index (χ1) is 11.1. The summed E-state index contributed by atoms with van der Waals surface area (Å²) in [5.74, 6) is 0.489. The minimum absolute atomic E-state index is 0.0224. The first-order valence-corrected chi connectivity index (χ1v) is 7.64. The van der Waals surface area contributed by atoms with Gasteiger partial charge in [-0.2, -0.15) is 0 Å². The number of furan rings is 1. The summed E-state index contributed by atoms with van der Waals surface area (Å²) in [5, 5.41) is 14.0. The third-order valence-electron chi connectivity index (χ3n) is 3.81. The highest BCUT2D eigenvalue weighted by molar-refractivity contribution is 5.79. The third kappa shape index (κ3) is 3.60. The Kier molecular flexibility index (Phi) is 4.44. The number of carbonyl (C=O) groups is 1. The molecule has 0 saturated carbocycles. The Labute approximate surface area is 134 Å². The van der Waals surface area contributed by atoms with Crippen LogP contribution in [0.3, 0.4) is 0 Å². The molecule has 0 saturated heterocycles. The molecule has 3 aromatic rings. The normalized spacial score (nSPS) is 13.7. The fourth-order valence-electron chi connectivity index (χ4n) is 2.56. The number of fused-ring (bicyclic) bond motifs is 1. The van der Waals surface area contributed by atoms with Gasteiger partial charge in [0.2, 0.25) is 5.91 Å². The van der Waals surface area contributed by atoms with Crippen LogP contribution < -0.4 is 5.32 Å². The zero-order valence-electron chi connectivity index (χ0n) is 12.9. The van der Waals surface area contributed by atoms with Crippen LogP contribution in [0, 0.1) is 0 Å². The van der Waals surface area contributed by atoms with Gasteiger partial charge < -0.3 is 14.8 Å². The summed E-state index contributed by atoms with van der Waals surface area (Å²) in [4.78, 5) is 12.1. The van der Waals surface area contributed by atoms with Crippen molar-refractivity contribution in [2.45, 2.75) is 25.5 Å². The largest absolute Gasteiger partial charge is 0.459 e. The minimum Gasteiger partial charge on any atom is -0.459 e. The highest BCUT2D eigenvalue weighted by atomic mass is 16.3. The zero-order valence-corrected chi connectivity index (χ0v) is 12.9. The molecule has 118 valence electrons. The molecule has 2 unspecified atom stereocenters. The molecule has 2 N–H and O–H groups in total. The number of para-hydroxylation sites is 1. The standard InChI is InChI=1S/C19H19NO3/c1-13(18-11-15-9-5-6-10-17(15)23-18)20-19(22)12-16(21)14-7-3-2-4-8-14/h2-11,13,16,21H,12H2,1H3,(H,20,22). The Balaban J connectivity index is 1.63. The number of rotatable bonds is 5. The average molecular weight is 309 g/mol. The molecule has 2 aromatic carbocycles. The van der Waals surface area contributed by atoms with Crippen molar-refractivity contribution in [3.63, 3.8) is 0 Å². The first-order valence-electron chi connectivity index (χ1n) is 7.64. The van der Waals surface area contributed by atoms with Crippen LogP contribution in [-0.2, 0) is 4.79 Å². The lowest BCUT2D eigenvalue weighted by atomic mass is 10.1. The Morgan fingerprint density at radius 2 is 1.83 bits per heavy atom. The van der Waals surface area contributed by atoms with Crippen LogP contribution in [0.2, 0.25) is 0 Å². The maximum Gasteiger partial charge on any atom is 0.223 e. The molecule has 23 heavy (non-hydrogen) atoms. The van der Waals surface area contributed by atoms with Crippen LogP contribution in [-0.4, -0.2) is 11.0 Å². The van der Waals surface area contributed by atoms with E-state index in [0.29, 0.717) is 5.76 Å². The number of amides is 1. The Hall–Kier alpha value is -2.59. The van der Waals surface area contributed by atoms with Crippen LogP contribution in [0.25, 0.3) is 11.0 Å². The van der Waals surface area contributed by atoms with Crippen molar-refractivity contribution < 1.29 is 14.3 Å². The SMILES string of the molecule is CC(NC(=O)CC(O)c1ccccc1)c1cc2ccccc2o1. The van der Waals surface area contributed by atoms with Gasteiger partial charge in [-0.05, 0) is 24.6 Å². The number of aliphatic hydroxyl groups is 1. The number of hydrogen-bond donors (Lipinski definition) is 2. The van der Waals surface area contributed by atoms with Crippen molar-refractivity contribution in [2.75, 3.05) is 0 Å². The molecule has 3 rings (SSSR count). The topological polar surface area (TPSA) is 62.5 Å². The molecule has 1 amide bonds. The molecule has 0 aliphatic rings.